The SMILES string of the molecule is C.CC1CC(=O)N(C)C1=O.CN1C(=O)C=CC1=O. The van der Waals surface area contributed by atoms with Crippen LogP contribution in [0.15, 0.2) is 12.2 Å². The zero-order valence-electron chi connectivity index (χ0n) is 9.97. The van der Waals surface area contributed by atoms with E-state index in [9.17, 15) is 19.2 Å². The van der Waals surface area contributed by atoms with Gasteiger partial charge in [-0.05, 0) is 0 Å². The molecule has 1 unspecified atom stereocenters. The number of carbonyl (C=O) groups is 4. The van der Waals surface area contributed by atoms with Gasteiger partial charge >= 0.3 is 0 Å². The summed E-state index contributed by atoms with van der Waals surface area (Å²) in [6, 6.07) is 0. The Kier molecular flexibility index (Phi) is 5.42. The number of likely N-dealkylation sites (tertiary alicyclic amines) is 1. The first kappa shape index (κ1) is 16.0. The Balaban J connectivity index is 0.000000306. The summed E-state index contributed by atoms with van der Waals surface area (Å²) >= 11 is 0. The van der Waals surface area contributed by atoms with Gasteiger partial charge in [0, 0.05) is 38.6 Å². The molecule has 2 heterocycles. The fraction of sp³-hybridized carbons (Fsp3) is 0.500. The Morgan fingerprint density at radius 1 is 1.00 bits per heavy atom. The van der Waals surface area contributed by atoms with Crippen LogP contribution in [-0.2, 0) is 19.2 Å². The van der Waals surface area contributed by atoms with E-state index < -0.39 is 0 Å². The highest BCUT2D eigenvalue weighted by molar-refractivity contribution is 6.12. The monoisotopic (exact) mass is 254 g/mol. The number of carbonyl (C=O) groups excluding carboxylic acids is 4. The van der Waals surface area contributed by atoms with Crippen LogP contribution >= 0.6 is 0 Å². The number of likely N-dealkylation sites (N-methyl/N-ethyl adjacent to an activating group) is 1. The van der Waals surface area contributed by atoms with Gasteiger partial charge in [0.15, 0.2) is 0 Å². The van der Waals surface area contributed by atoms with Crippen LogP contribution in [0, 0.1) is 5.92 Å². The Hall–Kier alpha value is -1.98. The second-order valence-electron chi connectivity index (χ2n) is 3.96. The molecule has 2 rings (SSSR count). The van der Waals surface area contributed by atoms with Crippen molar-refractivity contribution in [2.45, 2.75) is 20.8 Å². The molecule has 2 aliphatic rings. The molecule has 0 N–H and O–H groups in total. The topological polar surface area (TPSA) is 74.8 Å². The number of rotatable bonds is 0. The molecule has 0 aliphatic carbocycles. The molecule has 6 heteroatoms. The number of hydrogen-bond acceptors (Lipinski definition) is 4. The maximum absolute atomic E-state index is 10.8. The largest absolute Gasteiger partial charge is 0.286 e. The maximum atomic E-state index is 10.8. The summed E-state index contributed by atoms with van der Waals surface area (Å²) in [5, 5.41) is 0. The molecule has 0 saturated carbocycles. The van der Waals surface area contributed by atoms with Crippen molar-refractivity contribution in [2.24, 2.45) is 5.92 Å². The van der Waals surface area contributed by atoms with Crippen molar-refractivity contribution in [2.75, 3.05) is 14.1 Å². The minimum Gasteiger partial charge on any atom is -0.286 e. The highest BCUT2D eigenvalue weighted by Crippen LogP contribution is 2.15. The quantitative estimate of drug-likeness (QED) is 0.578. The fourth-order valence-corrected chi connectivity index (χ4v) is 1.41. The first-order chi connectivity index (χ1) is 7.84. The zero-order valence-corrected chi connectivity index (χ0v) is 9.97. The number of amides is 4. The molecule has 1 saturated heterocycles. The highest BCUT2D eigenvalue weighted by Gasteiger charge is 2.32. The normalized spacial score (nSPS) is 22.1. The molecule has 18 heavy (non-hydrogen) atoms. The van der Waals surface area contributed by atoms with Crippen molar-refractivity contribution in [1.29, 1.82) is 0 Å². The number of hydrogen-bond donors (Lipinski definition) is 0. The third kappa shape index (κ3) is 3.26. The molecule has 0 bridgehead atoms. The van der Waals surface area contributed by atoms with Gasteiger partial charge in [-0.25, -0.2) is 0 Å². The average molecular weight is 254 g/mol. The molecule has 100 valence electrons. The molecule has 2 aliphatic heterocycles. The van der Waals surface area contributed by atoms with Crippen LogP contribution in [0.5, 0.6) is 0 Å². The van der Waals surface area contributed by atoms with Crippen LogP contribution < -0.4 is 0 Å². The summed E-state index contributed by atoms with van der Waals surface area (Å²) in [6.07, 6.45) is 2.89. The van der Waals surface area contributed by atoms with E-state index in [1.165, 1.54) is 31.1 Å². The summed E-state index contributed by atoms with van der Waals surface area (Å²) in [6.45, 7) is 1.77. The summed E-state index contributed by atoms with van der Waals surface area (Å²) in [5.74, 6) is -0.694. The van der Waals surface area contributed by atoms with Gasteiger partial charge < -0.3 is 0 Å². The predicted molar refractivity (Wildman–Crippen MR) is 65.2 cm³/mol. The van der Waals surface area contributed by atoms with E-state index in [2.05, 4.69) is 0 Å². The van der Waals surface area contributed by atoms with Gasteiger partial charge in [0.2, 0.25) is 11.8 Å². The molecule has 0 aromatic heterocycles. The van der Waals surface area contributed by atoms with Gasteiger partial charge in [0.25, 0.3) is 11.8 Å². The van der Waals surface area contributed by atoms with Gasteiger partial charge in [-0.3, -0.25) is 29.0 Å². The molecule has 0 aromatic carbocycles. The summed E-state index contributed by atoms with van der Waals surface area (Å²) < 4.78 is 0. The lowest BCUT2D eigenvalue weighted by atomic mass is 10.1. The van der Waals surface area contributed by atoms with E-state index in [4.69, 9.17) is 0 Å². The van der Waals surface area contributed by atoms with E-state index >= 15 is 0 Å². The lowest BCUT2D eigenvalue weighted by Gasteiger charge is -2.03. The average Bonchev–Trinajstić information content (AvgIpc) is 2.69. The van der Waals surface area contributed by atoms with E-state index in [1.807, 2.05) is 0 Å². The van der Waals surface area contributed by atoms with Gasteiger partial charge in [0.05, 0.1) is 0 Å². The van der Waals surface area contributed by atoms with Crippen molar-refractivity contribution in [3.63, 3.8) is 0 Å². The van der Waals surface area contributed by atoms with Crippen molar-refractivity contribution in [1.82, 2.24) is 9.80 Å². The molecular weight excluding hydrogens is 236 g/mol. The van der Waals surface area contributed by atoms with Crippen LogP contribution in [0.1, 0.15) is 20.8 Å². The maximum Gasteiger partial charge on any atom is 0.253 e. The molecule has 0 aromatic rings. The summed E-state index contributed by atoms with van der Waals surface area (Å²) in [4.78, 5) is 44.6. The minimum atomic E-state index is -0.241. The predicted octanol–water partition coefficient (Wildman–Crippen LogP) is 0.188. The first-order valence-electron chi connectivity index (χ1n) is 5.14. The second-order valence-corrected chi connectivity index (χ2v) is 3.96. The Morgan fingerprint density at radius 2 is 1.44 bits per heavy atom. The van der Waals surface area contributed by atoms with Gasteiger partial charge in [-0.2, -0.15) is 0 Å². The van der Waals surface area contributed by atoms with E-state index in [-0.39, 0.29) is 37.0 Å². The molecule has 1 atom stereocenters. The molecule has 6 nitrogen and oxygen atoms in total. The lowest BCUT2D eigenvalue weighted by molar-refractivity contribution is -0.138. The molecule has 4 amide bonds. The third-order valence-electron chi connectivity index (χ3n) is 2.64. The zero-order chi connectivity index (χ0) is 13.2. The molecule has 0 spiro atoms. The second kappa shape index (κ2) is 6.09. The Morgan fingerprint density at radius 3 is 1.56 bits per heavy atom. The highest BCUT2D eigenvalue weighted by atomic mass is 16.2. The smallest absolute Gasteiger partial charge is 0.253 e. The number of nitrogens with zero attached hydrogens (tertiary/aromatic N) is 2. The lowest BCUT2D eigenvalue weighted by Crippen LogP contribution is -2.24. The van der Waals surface area contributed by atoms with Crippen LogP contribution in [0.3, 0.4) is 0 Å². The van der Waals surface area contributed by atoms with E-state index in [0.717, 1.165) is 4.90 Å². The molecule has 1 fully saturated rings. The molecular formula is C12H18N2O4. The van der Waals surface area contributed by atoms with Crippen LogP contribution in [0.4, 0.5) is 0 Å². The van der Waals surface area contributed by atoms with Crippen molar-refractivity contribution in [3.8, 4) is 0 Å². The minimum absolute atomic E-state index is 0. The summed E-state index contributed by atoms with van der Waals surface area (Å²) in [7, 11) is 2.97. The van der Waals surface area contributed by atoms with Gasteiger partial charge in [-0.1, -0.05) is 14.4 Å². The fourth-order valence-electron chi connectivity index (χ4n) is 1.41. The number of imide groups is 2. The summed E-state index contributed by atoms with van der Waals surface area (Å²) in [5.41, 5.74) is 0. The van der Waals surface area contributed by atoms with Crippen molar-refractivity contribution in [3.05, 3.63) is 12.2 Å². The Labute approximate surface area is 106 Å². The van der Waals surface area contributed by atoms with Crippen LogP contribution in [-0.4, -0.2) is 47.5 Å². The van der Waals surface area contributed by atoms with Crippen LogP contribution in [0.25, 0.3) is 0 Å². The van der Waals surface area contributed by atoms with Crippen molar-refractivity contribution < 1.29 is 19.2 Å². The van der Waals surface area contributed by atoms with Gasteiger partial charge in [0.1, 0.15) is 0 Å². The first-order valence-corrected chi connectivity index (χ1v) is 5.14. The third-order valence-corrected chi connectivity index (χ3v) is 2.64. The molecule has 0 radical (unpaired) electrons. The van der Waals surface area contributed by atoms with Crippen LogP contribution in [0.2, 0.25) is 0 Å². The standard InChI is InChI=1S/C6H9NO2.C5H5NO2.CH4/c1-4-3-5(8)7(2)6(4)9;1-6-4(7)2-3-5(6)8;/h4H,3H2,1-2H3;2-3H,1H3;1H4. The Bertz CT molecular complexity index is 396. The van der Waals surface area contributed by atoms with Crippen molar-refractivity contribution >= 4 is 23.6 Å². The van der Waals surface area contributed by atoms with Gasteiger partial charge in [-0.15, -0.1) is 0 Å². The van der Waals surface area contributed by atoms with E-state index in [1.54, 1.807) is 6.92 Å². The van der Waals surface area contributed by atoms with E-state index in [0.29, 0.717) is 6.42 Å².